The normalized spacial score (nSPS) is 16.9. The topological polar surface area (TPSA) is 92.9 Å². The second-order valence-electron chi connectivity index (χ2n) is 7.58. The fourth-order valence-electron chi connectivity index (χ4n) is 4.06. The zero-order valence-corrected chi connectivity index (χ0v) is 16.6. The van der Waals surface area contributed by atoms with E-state index in [1.54, 1.807) is 24.3 Å². The fourth-order valence-corrected chi connectivity index (χ4v) is 4.06. The predicted molar refractivity (Wildman–Crippen MR) is 110 cm³/mol. The maximum absolute atomic E-state index is 13.6. The zero-order valence-electron chi connectivity index (χ0n) is 16.6. The van der Waals surface area contributed by atoms with E-state index in [2.05, 4.69) is 11.1 Å². The van der Waals surface area contributed by atoms with Gasteiger partial charge in [0, 0.05) is 26.2 Å². The molecule has 156 valence electrons. The van der Waals surface area contributed by atoms with Crippen LogP contribution >= 0.6 is 0 Å². The van der Waals surface area contributed by atoms with Gasteiger partial charge in [0.2, 0.25) is 0 Å². The van der Waals surface area contributed by atoms with Crippen molar-refractivity contribution < 1.29 is 8.78 Å². The maximum atomic E-state index is 13.6. The summed E-state index contributed by atoms with van der Waals surface area (Å²) in [5.41, 5.74) is 7.71. The van der Waals surface area contributed by atoms with Crippen LogP contribution in [0, 0.1) is 11.3 Å². The smallest absolute Gasteiger partial charge is 0.330 e. The Morgan fingerprint density at radius 2 is 2.13 bits per heavy atom. The van der Waals surface area contributed by atoms with Gasteiger partial charge in [-0.25, -0.2) is 18.6 Å². The summed E-state index contributed by atoms with van der Waals surface area (Å²) < 4.78 is 29.9. The molecule has 0 amide bonds. The molecule has 0 unspecified atom stereocenters. The molecule has 2 aromatic heterocycles. The maximum Gasteiger partial charge on any atom is 0.330 e. The fraction of sp³-hybridized carbons (Fsp3) is 0.381. The molecule has 30 heavy (non-hydrogen) atoms. The monoisotopic (exact) mass is 412 g/mol. The molecule has 1 saturated heterocycles. The van der Waals surface area contributed by atoms with Crippen LogP contribution < -0.4 is 16.3 Å². The van der Waals surface area contributed by atoms with Crippen LogP contribution in [0.1, 0.15) is 36.1 Å². The number of pyridine rings is 1. The summed E-state index contributed by atoms with van der Waals surface area (Å²) >= 11 is 0. The van der Waals surface area contributed by atoms with Crippen molar-refractivity contribution in [2.75, 3.05) is 18.0 Å². The quantitative estimate of drug-likeness (QED) is 0.711. The minimum Gasteiger partial charge on any atom is -0.368 e. The molecule has 0 saturated carbocycles. The van der Waals surface area contributed by atoms with Crippen molar-refractivity contribution in [1.29, 1.82) is 5.26 Å². The third kappa shape index (κ3) is 3.44. The number of halogens is 2. The van der Waals surface area contributed by atoms with Crippen molar-refractivity contribution in [3.8, 4) is 6.07 Å². The molecule has 1 aromatic carbocycles. The Morgan fingerprint density at radius 3 is 2.83 bits per heavy atom. The number of nitrogens with two attached hydrogens (primary N) is 1. The molecule has 9 heteroatoms. The Labute approximate surface area is 172 Å². The molecular weight excluding hydrogens is 390 g/mol. The third-order valence-electron chi connectivity index (χ3n) is 5.57. The average Bonchev–Trinajstić information content (AvgIpc) is 2.98. The van der Waals surface area contributed by atoms with Crippen LogP contribution in [0.2, 0.25) is 0 Å². The van der Waals surface area contributed by atoms with Gasteiger partial charge >= 0.3 is 5.69 Å². The number of anilines is 1. The van der Waals surface area contributed by atoms with Crippen LogP contribution in [0.25, 0.3) is 11.2 Å². The summed E-state index contributed by atoms with van der Waals surface area (Å²) in [6, 6.07) is 10.4. The number of imidazole rings is 1. The molecule has 7 nitrogen and oxygen atoms in total. The van der Waals surface area contributed by atoms with E-state index < -0.39 is 6.43 Å². The van der Waals surface area contributed by atoms with Crippen LogP contribution in [0.15, 0.2) is 35.1 Å². The molecule has 4 rings (SSSR count). The van der Waals surface area contributed by atoms with Gasteiger partial charge in [-0.05, 0) is 30.5 Å². The first-order valence-electron chi connectivity index (χ1n) is 9.77. The molecule has 3 heterocycles. The number of fused-ring (bicyclic) bond motifs is 1. The summed E-state index contributed by atoms with van der Waals surface area (Å²) in [5.74, 6) is 0. The molecule has 0 spiro atoms. The van der Waals surface area contributed by atoms with Gasteiger partial charge in [0.05, 0.1) is 23.9 Å². The van der Waals surface area contributed by atoms with Crippen molar-refractivity contribution in [2.45, 2.75) is 31.9 Å². The summed E-state index contributed by atoms with van der Waals surface area (Å²) in [4.78, 5) is 19.1. The van der Waals surface area contributed by atoms with Gasteiger partial charge in [-0.15, -0.1) is 0 Å². The first kappa shape index (κ1) is 20.0. The number of aromatic nitrogens is 3. The number of hydrogen-bond donors (Lipinski definition) is 1. The van der Waals surface area contributed by atoms with Crippen molar-refractivity contribution in [3.63, 3.8) is 0 Å². The minimum atomic E-state index is -2.76. The predicted octanol–water partition coefficient (Wildman–Crippen LogP) is 2.52. The van der Waals surface area contributed by atoms with E-state index >= 15 is 0 Å². The Morgan fingerprint density at radius 1 is 1.37 bits per heavy atom. The molecule has 1 fully saturated rings. The molecule has 1 atom stereocenters. The molecular formula is C21H22F2N6O. The number of rotatable bonds is 4. The van der Waals surface area contributed by atoms with Crippen molar-refractivity contribution in [1.82, 2.24) is 14.1 Å². The highest BCUT2D eigenvalue weighted by molar-refractivity contribution is 5.87. The van der Waals surface area contributed by atoms with Crippen molar-refractivity contribution in [3.05, 3.63) is 57.6 Å². The largest absolute Gasteiger partial charge is 0.368 e. The Balaban J connectivity index is 1.96. The first-order chi connectivity index (χ1) is 14.4. The number of hydrogen-bond acceptors (Lipinski definition) is 5. The van der Waals surface area contributed by atoms with Crippen molar-refractivity contribution in [2.24, 2.45) is 12.8 Å². The summed E-state index contributed by atoms with van der Waals surface area (Å²) in [6.07, 6.45) is -1.06. The van der Waals surface area contributed by atoms with Gasteiger partial charge in [0.1, 0.15) is 11.2 Å². The van der Waals surface area contributed by atoms with Gasteiger partial charge in [0.15, 0.2) is 5.65 Å². The van der Waals surface area contributed by atoms with Crippen LogP contribution in [0.3, 0.4) is 0 Å². The van der Waals surface area contributed by atoms with Crippen LogP contribution in [-0.2, 0) is 13.6 Å². The number of nitriles is 1. The molecule has 1 aliphatic rings. The molecule has 3 aromatic rings. The first-order valence-corrected chi connectivity index (χ1v) is 9.77. The summed E-state index contributed by atoms with van der Waals surface area (Å²) in [6.45, 7) is 1.32. The Kier molecular flexibility index (Phi) is 5.26. The molecule has 0 radical (unpaired) electrons. The zero-order chi connectivity index (χ0) is 21.4. The highest BCUT2D eigenvalue weighted by Crippen LogP contribution is 2.32. The standard InChI is InChI=1S/C21H22F2N6O/c1-27-20-18(29(21(27)30)11-14-6-3-2-5-13(14)10-24)17(9-16(26-20)19(22)23)28-8-4-7-15(25)12-28/h2-3,5-6,9,15,19H,4,7-8,11-12,25H2,1H3/t15-/m1/s1. The molecule has 0 bridgehead atoms. The van der Waals surface area contributed by atoms with Gasteiger partial charge in [0.25, 0.3) is 6.43 Å². The Bertz CT molecular complexity index is 1190. The molecule has 1 aliphatic heterocycles. The summed E-state index contributed by atoms with van der Waals surface area (Å²) in [7, 11) is 1.52. The lowest BCUT2D eigenvalue weighted by atomic mass is 10.1. The average molecular weight is 412 g/mol. The van der Waals surface area contributed by atoms with E-state index in [1.165, 1.54) is 22.2 Å². The van der Waals surface area contributed by atoms with Gasteiger partial charge < -0.3 is 10.6 Å². The van der Waals surface area contributed by atoms with Gasteiger partial charge in [-0.2, -0.15) is 5.26 Å². The SMILES string of the molecule is Cn1c(=O)n(Cc2ccccc2C#N)c2c(N3CCC[C@@H](N)C3)cc(C(F)F)nc21. The summed E-state index contributed by atoms with van der Waals surface area (Å²) in [5, 5.41) is 9.41. The van der Waals surface area contributed by atoms with Crippen LogP contribution in [0.5, 0.6) is 0 Å². The lowest BCUT2D eigenvalue weighted by molar-refractivity contribution is 0.146. The van der Waals surface area contributed by atoms with E-state index in [-0.39, 0.29) is 29.6 Å². The number of alkyl halides is 2. The highest BCUT2D eigenvalue weighted by atomic mass is 19.3. The van der Waals surface area contributed by atoms with Crippen LogP contribution in [0.4, 0.5) is 14.5 Å². The van der Waals surface area contributed by atoms with Crippen molar-refractivity contribution >= 4 is 16.9 Å². The molecule has 0 aliphatic carbocycles. The minimum absolute atomic E-state index is 0.0693. The number of nitrogens with zero attached hydrogens (tertiary/aromatic N) is 5. The van der Waals surface area contributed by atoms with E-state index in [0.717, 1.165) is 12.8 Å². The lowest BCUT2D eigenvalue weighted by Crippen LogP contribution is -2.43. The number of piperidine rings is 1. The van der Waals surface area contributed by atoms with Crippen LogP contribution in [-0.4, -0.2) is 33.2 Å². The highest BCUT2D eigenvalue weighted by Gasteiger charge is 2.26. The van der Waals surface area contributed by atoms with E-state index in [9.17, 15) is 18.8 Å². The Hall–Kier alpha value is -3.25. The lowest BCUT2D eigenvalue weighted by Gasteiger charge is -2.33. The molecule has 2 N–H and O–H groups in total. The second-order valence-corrected chi connectivity index (χ2v) is 7.58. The van der Waals surface area contributed by atoms with Gasteiger partial charge in [-0.3, -0.25) is 9.13 Å². The number of benzene rings is 1. The van der Waals surface area contributed by atoms with E-state index in [4.69, 9.17) is 5.73 Å². The van der Waals surface area contributed by atoms with Gasteiger partial charge in [-0.1, -0.05) is 18.2 Å². The third-order valence-corrected chi connectivity index (χ3v) is 5.57. The van der Waals surface area contributed by atoms with E-state index in [1.807, 2.05) is 4.90 Å². The number of aryl methyl sites for hydroxylation is 1. The van der Waals surface area contributed by atoms with E-state index in [0.29, 0.717) is 35.4 Å². The second kappa shape index (κ2) is 7.88.